The van der Waals surface area contributed by atoms with E-state index in [0.29, 0.717) is 13.1 Å². The number of aromatic amines is 1. The molecule has 0 saturated carbocycles. The van der Waals surface area contributed by atoms with Gasteiger partial charge in [-0.2, -0.15) is 0 Å². The quantitative estimate of drug-likeness (QED) is 0.528. The number of rotatable bonds is 5. The fourth-order valence-electron chi connectivity index (χ4n) is 4.27. The van der Waals surface area contributed by atoms with Gasteiger partial charge in [0.25, 0.3) is 17.6 Å². The Bertz CT molecular complexity index is 1080. The van der Waals surface area contributed by atoms with Crippen molar-refractivity contribution in [2.75, 3.05) is 33.2 Å². The van der Waals surface area contributed by atoms with Crippen molar-refractivity contribution in [1.82, 2.24) is 25.0 Å². The molecule has 1 fully saturated rings. The first-order valence-electron chi connectivity index (χ1n) is 11.0. The predicted molar refractivity (Wildman–Crippen MR) is 122 cm³/mol. The summed E-state index contributed by atoms with van der Waals surface area (Å²) in [5.74, 6) is -2.77. The van der Waals surface area contributed by atoms with Crippen LogP contribution in [0, 0.1) is 5.82 Å². The van der Waals surface area contributed by atoms with Crippen molar-refractivity contribution >= 4 is 34.5 Å². The summed E-state index contributed by atoms with van der Waals surface area (Å²) in [6, 6.07) is 2.39. The molecule has 0 spiro atoms. The SMILES string of the molecule is CNC(=O)c1ccc(F)c2c(C(=O)C(=O)N3CCN(C(=O)N(C(C)C)C(C)C)CC3)c[nH]c12. The van der Waals surface area contributed by atoms with E-state index in [0.717, 1.165) is 6.07 Å². The van der Waals surface area contributed by atoms with Crippen LogP contribution < -0.4 is 5.32 Å². The zero-order chi connectivity index (χ0) is 24.4. The molecule has 9 nitrogen and oxygen atoms in total. The molecule has 4 amide bonds. The molecular weight excluding hydrogens is 429 g/mol. The molecule has 0 bridgehead atoms. The van der Waals surface area contributed by atoms with E-state index in [9.17, 15) is 23.6 Å². The molecule has 0 aliphatic carbocycles. The van der Waals surface area contributed by atoms with Crippen LogP contribution in [-0.4, -0.2) is 88.6 Å². The summed E-state index contributed by atoms with van der Waals surface area (Å²) < 4.78 is 14.6. The Morgan fingerprint density at radius 2 is 1.55 bits per heavy atom. The van der Waals surface area contributed by atoms with Crippen LogP contribution in [0.5, 0.6) is 0 Å². The van der Waals surface area contributed by atoms with Gasteiger partial charge in [-0.1, -0.05) is 0 Å². The number of carbonyl (C=O) groups excluding carboxylic acids is 4. The van der Waals surface area contributed by atoms with Crippen LogP contribution in [0.25, 0.3) is 10.9 Å². The Kier molecular flexibility index (Phi) is 7.04. The van der Waals surface area contributed by atoms with Gasteiger partial charge in [-0.25, -0.2) is 9.18 Å². The Labute approximate surface area is 191 Å². The number of aromatic nitrogens is 1. The number of halogens is 1. The zero-order valence-corrected chi connectivity index (χ0v) is 19.6. The maximum absolute atomic E-state index is 14.6. The molecular formula is C23H30FN5O4. The molecule has 1 aromatic heterocycles. The van der Waals surface area contributed by atoms with Gasteiger partial charge >= 0.3 is 6.03 Å². The number of Topliss-reactive ketones (excluding diaryl/α,β-unsaturated/α-hetero) is 1. The third-order valence-electron chi connectivity index (χ3n) is 5.87. The van der Waals surface area contributed by atoms with Gasteiger partial charge < -0.3 is 25.0 Å². The van der Waals surface area contributed by atoms with Crippen LogP contribution in [0.2, 0.25) is 0 Å². The van der Waals surface area contributed by atoms with Crippen molar-refractivity contribution < 1.29 is 23.6 Å². The number of carbonyl (C=O) groups is 4. The Morgan fingerprint density at radius 1 is 0.970 bits per heavy atom. The highest BCUT2D eigenvalue weighted by Crippen LogP contribution is 2.26. The zero-order valence-electron chi connectivity index (χ0n) is 19.6. The second-order valence-electron chi connectivity index (χ2n) is 8.61. The lowest BCUT2D eigenvalue weighted by molar-refractivity contribution is -0.127. The summed E-state index contributed by atoms with van der Waals surface area (Å²) in [5, 5.41) is 2.37. The fourth-order valence-corrected chi connectivity index (χ4v) is 4.27. The average Bonchev–Trinajstić information content (AvgIpc) is 3.23. The highest BCUT2D eigenvalue weighted by molar-refractivity contribution is 6.45. The first-order chi connectivity index (χ1) is 15.6. The third kappa shape index (κ3) is 4.55. The van der Waals surface area contributed by atoms with Crippen LogP contribution in [0.4, 0.5) is 9.18 Å². The molecule has 33 heavy (non-hydrogen) atoms. The van der Waals surface area contributed by atoms with Gasteiger partial charge in [-0.15, -0.1) is 0 Å². The molecule has 0 atom stereocenters. The molecule has 178 valence electrons. The minimum atomic E-state index is -0.861. The van der Waals surface area contributed by atoms with Crippen LogP contribution >= 0.6 is 0 Å². The van der Waals surface area contributed by atoms with E-state index < -0.39 is 23.4 Å². The summed E-state index contributed by atoms with van der Waals surface area (Å²) in [7, 11) is 1.45. The van der Waals surface area contributed by atoms with Crippen molar-refractivity contribution in [3.8, 4) is 0 Å². The number of hydrogen-bond acceptors (Lipinski definition) is 4. The molecule has 10 heteroatoms. The molecule has 1 aromatic carbocycles. The first-order valence-corrected chi connectivity index (χ1v) is 11.0. The van der Waals surface area contributed by atoms with E-state index in [1.54, 1.807) is 9.80 Å². The van der Waals surface area contributed by atoms with Gasteiger partial charge in [-0.3, -0.25) is 14.4 Å². The Hall–Kier alpha value is -3.43. The Morgan fingerprint density at radius 3 is 2.09 bits per heavy atom. The van der Waals surface area contributed by atoms with Crippen LogP contribution in [0.1, 0.15) is 48.4 Å². The average molecular weight is 460 g/mol. The fraction of sp³-hybridized carbons (Fsp3) is 0.478. The normalized spacial score (nSPS) is 14.2. The van der Waals surface area contributed by atoms with E-state index in [4.69, 9.17) is 0 Å². The number of amides is 4. The summed E-state index contributed by atoms with van der Waals surface area (Å²) >= 11 is 0. The van der Waals surface area contributed by atoms with Crippen molar-refractivity contribution in [2.24, 2.45) is 0 Å². The lowest BCUT2D eigenvalue weighted by atomic mass is 10.0. The Balaban J connectivity index is 1.76. The minimum Gasteiger partial charge on any atom is -0.360 e. The van der Waals surface area contributed by atoms with Gasteiger partial charge in [-0.05, 0) is 39.8 Å². The van der Waals surface area contributed by atoms with E-state index >= 15 is 0 Å². The molecule has 1 aliphatic heterocycles. The smallest absolute Gasteiger partial charge is 0.320 e. The number of nitrogens with zero attached hydrogens (tertiary/aromatic N) is 3. The van der Waals surface area contributed by atoms with E-state index in [1.807, 2.05) is 27.7 Å². The molecule has 3 rings (SSSR count). The second-order valence-corrected chi connectivity index (χ2v) is 8.61. The molecule has 0 unspecified atom stereocenters. The van der Waals surface area contributed by atoms with Gasteiger partial charge in [0, 0.05) is 56.9 Å². The number of hydrogen-bond donors (Lipinski definition) is 2. The highest BCUT2D eigenvalue weighted by atomic mass is 19.1. The number of ketones is 1. The maximum atomic E-state index is 14.6. The van der Waals surface area contributed by atoms with Crippen molar-refractivity contribution in [3.05, 3.63) is 35.3 Å². The monoisotopic (exact) mass is 459 g/mol. The largest absolute Gasteiger partial charge is 0.360 e. The summed E-state index contributed by atoms with van der Waals surface area (Å²) in [6.07, 6.45) is 1.25. The van der Waals surface area contributed by atoms with Crippen molar-refractivity contribution in [2.45, 2.75) is 39.8 Å². The number of nitrogens with one attached hydrogen (secondary N) is 2. The van der Waals surface area contributed by atoms with E-state index in [-0.39, 0.29) is 53.2 Å². The van der Waals surface area contributed by atoms with Gasteiger partial charge in [0.05, 0.1) is 16.6 Å². The van der Waals surface area contributed by atoms with Crippen molar-refractivity contribution in [3.63, 3.8) is 0 Å². The number of benzene rings is 1. The van der Waals surface area contributed by atoms with Crippen LogP contribution in [-0.2, 0) is 4.79 Å². The van der Waals surface area contributed by atoms with Gasteiger partial charge in [0.15, 0.2) is 0 Å². The van der Waals surface area contributed by atoms with Crippen LogP contribution in [0.15, 0.2) is 18.3 Å². The van der Waals surface area contributed by atoms with E-state index in [2.05, 4.69) is 10.3 Å². The van der Waals surface area contributed by atoms with Crippen LogP contribution in [0.3, 0.4) is 0 Å². The maximum Gasteiger partial charge on any atom is 0.320 e. The molecule has 2 N–H and O–H groups in total. The second kappa shape index (κ2) is 9.60. The molecule has 0 radical (unpaired) electrons. The highest BCUT2D eigenvalue weighted by Gasteiger charge is 2.33. The van der Waals surface area contributed by atoms with Gasteiger partial charge in [0.2, 0.25) is 0 Å². The minimum absolute atomic E-state index is 0.0372. The number of urea groups is 1. The number of piperazine rings is 1. The standard InChI is InChI=1S/C23H30FN5O4/c1-13(2)29(14(3)4)23(33)28-10-8-27(9-11-28)22(32)20(30)16-12-26-19-15(21(31)25-5)6-7-17(24)18(16)19/h6-7,12-14,26H,8-11H2,1-5H3,(H,25,31). The topological polar surface area (TPSA) is 106 Å². The molecule has 1 aliphatic rings. The first kappa shape index (κ1) is 24.2. The van der Waals surface area contributed by atoms with Gasteiger partial charge in [0.1, 0.15) is 5.82 Å². The number of fused-ring (bicyclic) bond motifs is 1. The van der Waals surface area contributed by atoms with E-state index in [1.165, 1.54) is 24.2 Å². The number of H-pyrrole nitrogens is 1. The lowest BCUT2D eigenvalue weighted by Crippen LogP contribution is -2.57. The summed E-state index contributed by atoms with van der Waals surface area (Å²) in [5.41, 5.74) is 0.207. The molecule has 1 saturated heterocycles. The molecule has 2 heterocycles. The molecule has 2 aromatic rings. The third-order valence-corrected chi connectivity index (χ3v) is 5.87. The summed E-state index contributed by atoms with van der Waals surface area (Å²) in [4.78, 5) is 58.4. The lowest BCUT2D eigenvalue weighted by Gasteiger charge is -2.40. The van der Waals surface area contributed by atoms with Crippen molar-refractivity contribution in [1.29, 1.82) is 0 Å². The summed E-state index contributed by atoms with van der Waals surface area (Å²) in [6.45, 7) is 8.81. The predicted octanol–water partition coefficient (Wildman–Crippen LogP) is 2.23.